The van der Waals surface area contributed by atoms with Gasteiger partial charge in [0.1, 0.15) is 11.5 Å². The van der Waals surface area contributed by atoms with Crippen LogP contribution < -0.4 is 14.8 Å². The molecule has 0 aromatic heterocycles. The number of benzene rings is 3. The number of anilines is 1. The van der Waals surface area contributed by atoms with Crippen molar-refractivity contribution >= 4 is 27.4 Å². The highest BCUT2D eigenvalue weighted by molar-refractivity contribution is 9.10. The minimum absolute atomic E-state index is 0.0630. The highest BCUT2D eigenvalue weighted by Crippen LogP contribution is 2.27. The normalized spacial score (nSPS) is 11.5. The summed E-state index contributed by atoms with van der Waals surface area (Å²) in [7, 11) is 3.25. The smallest absolute Gasteiger partial charge is 0.165 e. The number of hydrogen-bond acceptors (Lipinski definition) is 4. The van der Waals surface area contributed by atoms with Crippen molar-refractivity contribution in [3.05, 3.63) is 88.4 Å². The molecule has 1 N–H and O–H groups in total. The Kier molecular flexibility index (Phi) is 6.71. The summed E-state index contributed by atoms with van der Waals surface area (Å²) in [6, 6.07) is 22.7. The molecular formula is C23H22BrNO3. The Hall–Kier alpha value is -2.79. The van der Waals surface area contributed by atoms with Crippen LogP contribution in [0.2, 0.25) is 0 Å². The molecule has 0 aliphatic rings. The van der Waals surface area contributed by atoms with Crippen molar-refractivity contribution in [2.75, 3.05) is 19.5 Å². The first kappa shape index (κ1) is 20.0. The maximum Gasteiger partial charge on any atom is 0.165 e. The fraction of sp³-hybridized carbons (Fsp3) is 0.174. The Bertz CT molecular complexity index is 906. The van der Waals surface area contributed by atoms with E-state index in [4.69, 9.17) is 9.47 Å². The van der Waals surface area contributed by atoms with E-state index in [1.807, 2.05) is 48.5 Å². The summed E-state index contributed by atoms with van der Waals surface area (Å²) < 4.78 is 11.4. The standard InChI is InChI=1S/C23H22BrNO3/c1-27-20-11-3-16(4-12-20)22(25-19-9-7-18(24)8-10-19)15-23(26)17-5-13-21(28-2)14-6-17/h3-14,22,25H,15H2,1-2H3. The molecule has 0 saturated heterocycles. The predicted octanol–water partition coefficient (Wildman–Crippen LogP) is 5.89. The fourth-order valence-corrected chi connectivity index (χ4v) is 3.18. The first-order chi connectivity index (χ1) is 13.6. The molecule has 0 heterocycles. The molecule has 0 spiro atoms. The van der Waals surface area contributed by atoms with Crippen molar-refractivity contribution in [2.24, 2.45) is 0 Å². The van der Waals surface area contributed by atoms with Gasteiger partial charge in [-0.2, -0.15) is 0 Å². The molecule has 0 bridgehead atoms. The van der Waals surface area contributed by atoms with E-state index in [-0.39, 0.29) is 11.8 Å². The number of methoxy groups -OCH3 is 2. The van der Waals surface area contributed by atoms with Gasteiger partial charge in [-0.25, -0.2) is 0 Å². The summed E-state index contributed by atoms with van der Waals surface area (Å²) in [5, 5.41) is 3.48. The largest absolute Gasteiger partial charge is 0.497 e. The first-order valence-electron chi connectivity index (χ1n) is 8.92. The Morgan fingerprint density at radius 2 is 1.39 bits per heavy atom. The number of ether oxygens (including phenoxy) is 2. The fourth-order valence-electron chi connectivity index (χ4n) is 2.92. The lowest BCUT2D eigenvalue weighted by molar-refractivity contribution is 0.0976. The number of rotatable bonds is 8. The molecule has 3 rings (SSSR count). The summed E-state index contributed by atoms with van der Waals surface area (Å²) in [5.41, 5.74) is 2.63. The number of nitrogens with one attached hydrogen (secondary N) is 1. The summed E-state index contributed by atoms with van der Waals surface area (Å²) in [5.74, 6) is 1.58. The average molecular weight is 440 g/mol. The second-order valence-electron chi connectivity index (χ2n) is 6.33. The van der Waals surface area contributed by atoms with Crippen LogP contribution in [0.3, 0.4) is 0 Å². The summed E-state index contributed by atoms with van der Waals surface area (Å²) in [6.07, 6.45) is 0.328. The van der Waals surface area contributed by atoms with Gasteiger partial charge in [0.05, 0.1) is 20.3 Å². The monoisotopic (exact) mass is 439 g/mol. The van der Waals surface area contributed by atoms with Crippen LogP contribution in [0.1, 0.15) is 28.4 Å². The van der Waals surface area contributed by atoms with E-state index in [1.165, 1.54) is 0 Å². The van der Waals surface area contributed by atoms with Gasteiger partial charge in [-0.15, -0.1) is 0 Å². The molecule has 0 saturated carbocycles. The predicted molar refractivity (Wildman–Crippen MR) is 115 cm³/mol. The molecule has 0 radical (unpaired) electrons. The topological polar surface area (TPSA) is 47.6 Å². The molecule has 1 unspecified atom stereocenters. The van der Waals surface area contributed by atoms with Crippen LogP contribution in [-0.2, 0) is 0 Å². The van der Waals surface area contributed by atoms with Gasteiger partial charge in [0, 0.05) is 22.1 Å². The second-order valence-corrected chi connectivity index (χ2v) is 7.25. The Balaban J connectivity index is 1.83. The second kappa shape index (κ2) is 9.42. The SMILES string of the molecule is COc1ccc(C(=O)CC(Nc2ccc(Br)cc2)c2ccc(OC)cc2)cc1. The third-order valence-electron chi connectivity index (χ3n) is 4.50. The van der Waals surface area contributed by atoms with Crippen LogP contribution >= 0.6 is 15.9 Å². The van der Waals surface area contributed by atoms with Crippen molar-refractivity contribution in [3.63, 3.8) is 0 Å². The van der Waals surface area contributed by atoms with Gasteiger partial charge in [0.15, 0.2) is 5.78 Å². The van der Waals surface area contributed by atoms with E-state index in [9.17, 15) is 4.79 Å². The van der Waals surface area contributed by atoms with Gasteiger partial charge in [-0.1, -0.05) is 28.1 Å². The molecule has 0 fully saturated rings. The lowest BCUT2D eigenvalue weighted by Gasteiger charge is -2.20. The van der Waals surface area contributed by atoms with Gasteiger partial charge < -0.3 is 14.8 Å². The van der Waals surface area contributed by atoms with Crippen molar-refractivity contribution in [3.8, 4) is 11.5 Å². The number of carbonyl (C=O) groups is 1. The maximum atomic E-state index is 12.9. The zero-order chi connectivity index (χ0) is 19.9. The van der Waals surface area contributed by atoms with E-state index >= 15 is 0 Å². The maximum absolute atomic E-state index is 12.9. The van der Waals surface area contributed by atoms with Gasteiger partial charge in [-0.3, -0.25) is 4.79 Å². The van der Waals surface area contributed by atoms with Crippen LogP contribution in [0, 0.1) is 0 Å². The quantitative estimate of drug-likeness (QED) is 0.444. The van der Waals surface area contributed by atoms with E-state index in [1.54, 1.807) is 38.5 Å². The number of carbonyl (C=O) groups excluding carboxylic acids is 1. The molecule has 5 heteroatoms. The molecule has 0 amide bonds. The molecule has 144 valence electrons. The zero-order valence-electron chi connectivity index (χ0n) is 15.8. The van der Waals surface area contributed by atoms with Crippen LogP contribution in [-0.4, -0.2) is 20.0 Å². The average Bonchev–Trinajstić information content (AvgIpc) is 2.75. The van der Waals surface area contributed by atoms with Crippen molar-refractivity contribution in [2.45, 2.75) is 12.5 Å². The Morgan fingerprint density at radius 1 is 0.857 bits per heavy atom. The van der Waals surface area contributed by atoms with Crippen LogP contribution in [0.25, 0.3) is 0 Å². The zero-order valence-corrected chi connectivity index (χ0v) is 17.4. The molecule has 3 aromatic carbocycles. The van der Waals surface area contributed by atoms with Gasteiger partial charge in [0.25, 0.3) is 0 Å². The van der Waals surface area contributed by atoms with E-state index < -0.39 is 0 Å². The summed E-state index contributed by atoms with van der Waals surface area (Å²) in [4.78, 5) is 12.9. The molecule has 1 atom stereocenters. The molecule has 3 aromatic rings. The minimum atomic E-state index is -0.165. The molecule has 0 aliphatic heterocycles. The minimum Gasteiger partial charge on any atom is -0.497 e. The van der Waals surface area contributed by atoms with Crippen LogP contribution in [0.5, 0.6) is 11.5 Å². The molecule has 28 heavy (non-hydrogen) atoms. The Morgan fingerprint density at radius 3 is 1.93 bits per heavy atom. The molecule has 4 nitrogen and oxygen atoms in total. The molecule has 0 aliphatic carbocycles. The third kappa shape index (κ3) is 5.14. The van der Waals surface area contributed by atoms with Crippen molar-refractivity contribution in [1.82, 2.24) is 0 Å². The first-order valence-corrected chi connectivity index (χ1v) is 9.71. The van der Waals surface area contributed by atoms with Crippen molar-refractivity contribution in [1.29, 1.82) is 0 Å². The lowest BCUT2D eigenvalue weighted by atomic mass is 9.97. The van der Waals surface area contributed by atoms with Gasteiger partial charge in [0.2, 0.25) is 0 Å². The van der Waals surface area contributed by atoms with E-state index in [0.29, 0.717) is 12.0 Å². The number of halogens is 1. The van der Waals surface area contributed by atoms with E-state index in [0.717, 1.165) is 27.2 Å². The third-order valence-corrected chi connectivity index (χ3v) is 5.03. The van der Waals surface area contributed by atoms with Crippen molar-refractivity contribution < 1.29 is 14.3 Å². The number of Topliss-reactive ketones (excluding diaryl/α,β-unsaturated/α-hetero) is 1. The van der Waals surface area contributed by atoms with E-state index in [2.05, 4.69) is 21.2 Å². The highest BCUT2D eigenvalue weighted by Gasteiger charge is 2.18. The number of ketones is 1. The van der Waals surface area contributed by atoms with Crippen LogP contribution in [0.15, 0.2) is 77.3 Å². The van der Waals surface area contributed by atoms with Gasteiger partial charge in [-0.05, 0) is 66.2 Å². The van der Waals surface area contributed by atoms with Crippen LogP contribution in [0.4, 0.5) is 5.69 Å². The highest BCUT2D eigenvalue weighted by atomic mass is 79.9. The summed E-state index contributed by atoms with van der Waals surface area (Å²) in [6.45, 7) is 0. The summed E-state index contributed by atoms with van der Waals surface area (Å²) >= 11 is 3.45. The Labute approximate surface area is 173 Å². The van der Waals surface area contributed by atoms with Gasteiger partial charge >= 0.3 is 0 Å². The lowest BCUT2D eigenvalue weighted by Crippen LogP contribution is -2.16. The molecular weight excluding hydrogens is 418 g/mol. The number of hydrogen-bond donors (Lipinski definition) is 1.